The number of hydrogen-bond acceptors (Lipinski definition) is 3. The van der Waals surface area contributed by atoms with Gasteiger partial charge in [-0.2, -0.15) is 0 Å². The fourth-order valence-corrected chi connectivity index (χ4v) is 1.57. The zero-order valence-corrected chi connectivity index (χ0v) is 8.74. The summed E-state index contributed by atoms with van der Waals surface area (Å²) in [5.41, 5.74) is 1.72. The number of rotatable bonds is 3. The molecule has 0 aromatic heterocycles. The largest absolute Gasteiger partial charge is 0.504 e. The third kappa shape index (κ3) is 1.82. The Kier molecular flexibility index (Phi) is 3.36. The molecule has 3 nitrogen and oxygen atoms in total. The van der Waals surface area contributed by atoms with Gasteiger partial charge in [0.1, 0.15) is 0 Å². The van der Waals surface area contributed by atoms with Crippen molar-refractivity contribution >= 4 is 0 Å². The SMILES string of the molecule is COc1ccc(C)c(C(C)CO)c1O. The summed E-state index contributed by atoms with van der Waals surface area (Å²) in [7, 11) is 1.51. The Morgan fingerprint density at radius 2 is 2.07 bits per heavy atom. The molecule has 1 atom stereocenters. The molecule has 0 saturated heterocycles. The minimum Gasteiger partial charge on any atom is -0.504 e. The standard InChI is InChI=1S/C11H16O3/c1-7-4-5-9(14-3)11(13)10(7)8(2)6-12/h4-5,8,12-13H,6H2,1-3H3. The van der Waals surface area contributed by atoms with Crippen LogP contribution in [0.2, 0.25) is 0 Å². The smallest absolute Gasteiger partial charge is 0.161 e. The lowest BCUT2D eigenvalue weighted by atomic mass is 9.95. The van der Waals surface area contributed by atoms with E-state index in [1.807, 2.05) is 19.9 Å². The van der Waals surface area contributed by atoms with E-state index in [1.54, 1.807) is 6.07 Å². The van der Waals surface area contributed by atoms with E-state index in [9.17, 15) is 5.11 Å². The lowest BCUT2D eigenvalue weighted by Gasteiger charge is -2.16. The average Bonchev–Trinajstić information content (AvgIpc) is 2.18. The predicted molar refractivity (Wildman–Crippen MR) is 54.9 cm³/mol. The summed E-state index contributed by atoms with van der Waals surface area (Å²) in [6.07, 6.45) is 0. The summed E-state index contributed by atoms with van der Waals surface area (Å²) < 4.78 is 5.00. The van der Waals surface area contributed by atoms with Crippen molar-refractivity contribution in [3.63, 3.8) is 0 Å². The van der Waals surface area contributed by atoms with Gasteiger partial charge in [-0.1, -0.05) is 13.0 Å². The minimum atomic E-state index is -0.0786. The number of ether oxygens (including phenoxy) is 1. The van der Waals surface area contributed by atoms with Crippen molar-refractivity contribution in [1.82, 2.24) is 0 Å². The molecule has 0 amide bonds. The second kappa shape index (κ2) is 4.33. The Morgan fingerprint density at radius 3 is 2.57 bits per heavy atom. The first-order chi connectivity index (χ1) is 6.61. The molecule has 2 N–H and O–H groups in total. The van der Waals surface area contributed by atoms with Gasteiger partial charge in [0, 0.05) is 18.1 Å². The zero-order valence-electron chi connectivity index (χ0n) is 8.74. The first-order valence-corrected chi connectivity index (χ1v) is 4.59. The Bertz CT molecular complexity index is 321. The maximum Gasteiger partial charge on any atom is 0.161 e. The molecule has 0 radical (unpaired) electrons. The van der Waals surface area contributed by atoms with Gasteiger partial charge in [-0.15, -0.1) is 0 Å². The highest BCUT2D eigenvalue weighted by molar-refractivity contribution is 5.50. The molecule has 14 heavy (non-hydrogen) atoms. The molecule has 78 valence electrons. The van der Waals surface area contributed by atoms with Crippen molar-refractivity contribution in [2.75, 3.05) is 13.7 Å². The van der Waals surface area contributed by atoms with Crippen LogP contribution in [0.4, 0.5) is 0 Å². The number of phenols is 1. The van der Waals surface area contributed by atoms with Gasteiger partial charge in [0.25, 0.3) is 0 Å². The van der Waals surface area contributed by atoms with Gasteiger partial charge in [-0.3, -0.25) is 0 Å². The van der Waals surface area contributed by atoms with Gasteiger partial charge in [0.15, 0.2) is 11.5 Å². The van der Waals surface area contributed by atoms with Gasteiger partial charge in [-0.05, 0) is 18.6 Å². The molecule has 0 saturated carbocycles. The van der Waals surface area contributed by atoms with E-state index >= 15 is 0 Å². The molecule has 1 rings (SSSR count). The molecular weight excluding hydrogens is 180 g/mol. The van der Waals surface area contributed by atoms with Crippen LogP contribution in [0.1, 0.15) is 24.0 Å². The molecule has 1 unspecified atom stereocenters. The van der Waals surface area contributed by atoms with Crippen LogP contribution in [-0.4, -0.2) is 23.9 Å². The highest BCUT2D eigenvalue weighted by Gasteiger charge is 2.15. The Morgan fingerprint density at radius 1 is 1.43 bits per heavy atom. The molecule has 0 aliphatic rings. The predicted octanol–water partition coefficient (Wildman–Crippen LogP) is 1.81. The van der Waals surface area contributed by atoms with Crippen molar-refractivity contribution in [2.24, 2.45) is 0 Å². The fourth-order valence-electron chi connectivity index (χ4n) is 1.57. The van der Waals surface area contributed by atoms with Crippen LogP contribution in [0, 0.1) is 6.92 Å². The van der Waals surface area contributed by atoms with E-state index in [-0.39, 0.29) is 18.3 Å². The van der Waals surface area contributed by atoms with Crippen LogP contribution in [0.25, 0.3) is 0 Å². The summed E-state index contributed by atoms with van der Waals surface area (Å²) in [4.78, 5) is 0. The van der Waals surface area contributed by atoms with Gasteiger partial charge in [0.05, 0.1) is 7.11 Å². The Balaban J connectivity index is 3.25. The average molecular weight is 196 g/mol. The minimum absolute atomic E-state index is 0.0154. The van der Waals surface area contributed by atoms with Crippen molar-refractivity contribution in [3.05, 3.63) is 23.3 Å². The molecule has 0 aliphatic heterocycles. The summed E-state index contributed by atoms with van der Waals surface area (Å²) >= 11 is 0. The van der Waals surface area contributed by atoms with Gasteiger partial charge in [-0.25, -0.2) is 0 Å². The van der Waals surface area contributed by atoms with E-state index in [1.165, 1.54) is 7.11 Å². The van der Waals surface area contributed by atoms with Crippen molar-refractivity contribution in [3.8, 4) is 11.5 Å². The topological polar surface area (TPSA) is 49.7 Å². The number of benzene rings is 1. The molecule has 0 bridgehead atoms. The second-order valence-electron chi connectivity index (χ2n) is 3.43. The quantitative estimate of drug-likeness (QED) is 0.775. The van der Waals surface area contributed by atoms with Gasteiger partial charge < -0.3 is 14.9 Å². The lowest BCUT2D eigenvalue weighted by molar-refractivity contribution is 0.268. The molecule has 3 heteroatoms. The number of aryl methyl sites for hydroxylation is 1. The Labute approximate surface area is 84.0 Å². The number of aliphatic hydroxyl groups is 1. The van der Waals surface area contributed by atoms with Crippen LogP contribution in [0.5, 0.6) is 11.5 Å². The van der Waals surface area contributed by atoms with Crippen LogP contribution in [0.15, 0.2) is 12.1 Å². The third-order valence-electron chi connectivity index (χ3n) is 2.38. The molecular formula is C11H16O3. The monoisotopic (exact) mass is 196 g/mol. The third-order valence-corrected chi connectivity index (χ3v) is 2.38. The number of phenolic OH excluding ortho intramolecular Hbond substituents is 1. The summed E-state index contributed by atoms with van der Waals surface area (Å²) in [6.45, 7) is 3.78. The number of hydrogen-bond donors (Lipinski definition) is 2. The molecule has 1 aromatic carbocycles. The molecule has 0 fully saturated rings. The summed E-state index contributed by atoms with van der Waals surface area (Å²) in [5.74, 6) is 0.505. The molecule has 1 aromatic rings. The first-order valence-electron chi connectivity index (χ1n) is 4.59. The maximum atomic E-state index is 9.84. The Hall–Kier alpha value is -1.22. The number of aliphatic hydroxyl groups excluding tert-OH is 1. The second-order valence-corrected chi connectivity index (χ2v) is 3.43. The lowest BCUT2D eigenvalue weighted by Crippen LogP contribution is -2.02. The number of methoxy groups -OCH3 is 1. The highest BCUT2D eigenvalue weighted by Crippen LogP contribution is 2.36. The first kappa shape index (κ1) is 10.9. The summed E-state index contributed by atoms with van der Waals surface area (Å²) in [5, 5.41) is 18.9. The van der Waals surface area contributed by atoms with Crippen molar-refractivity contribution < 1.29 is 14.9 Å². The van der Waals surface area contributed by atoms with E-state index in [2.05, 4.69) is 0 Å². The van der Waals surface area contributed by atoms with Crippen molar-refractivity contribution in [1.29, 1.82) is 0 Å². The molecule has 0 spiro atoms. The van der Waals surface area contributed by atoms with E-state index < -0.39 is 0 Å². The summed E-state index contributed by atoms with van der Waals surface area (Å²) in [6, 6.07) is 3.60. The fraction of sp³-hybridized carbons (Fsp3) is 0.455. The normalized spacial score (nSPS) is 12.6. The van der Waals surface area contributed by atoms with Gasteiger partial charge >= 0.3 is 0 Å². The zero-order chi connectivity index (χ0) is 10.7. The van der Waals surface area contributed by atoms with Crippen LogP contribution < -0.4 is 4.74 Å². The van der Waals surface area contributed by atoms with E-state index in [4.69, 9.17) is 9.84 Å². The van der Waals surface area contributed by atoms with Crippen LogP contribution in [0.3, 0.4) is 0 Å². The maximum absolute atomic E-state index is 9.84. The van der Waals surface area contributed by atoms with Crippen LogP contribution >= 0.6 is 0 Å². The van der Waals surface area contributed by atoms with Gasteiger partial charge in [0.2, 0.25) is 0 Å². The van der Waals surface area contributed by atoms with E-state index in [0.29, 0.717) is 5.75 Å². The van der Waals surface area contributed by atoms with E-state index in [0.717, 1.165) is 11.1 Å². The van der Waals surface area contributed by atoms with Crippen LogP contribution in [-0.2, 0) is 0 Å². The highest BCUT2D eigenvalue weighted by atomic mass is 16.5. The molecule has 0 heterocycles. The van der Waals surface area contributed by atoms with Crippen molar-refractivity contribution in [2.45, 2.75) is 19.8 Å². The molecule has 0 aliphatic carbocycles. The number of aromatic hydroxyl groups is 1.